The van der Waals surface area contributed by atoms with Crippen LogP contribution in [0.25, 0.3) is 0 Å². The monoisotopic (exact) mass is 186 g/mol. The van der Waals surface area contributed by atoms with Crippen LogP contribution in [-0.2, 0) is 4.79 Å². The molecule has 68 valence electrons. The van der Waals surface area contributed by atoms with E-state index in [9.17, 15) is 4.79 Å². The van der Waals surface area contributed by atoms with Gasteiger partial charge in [0.25, 0.3) is 0 Å². The number of allylic oxidation sites excluding steroid dienone is 1. The third-order valence-corrected chi connectivity index (χ3v) is 2.59. The number of rotatable bonds is 3. The number of hydrogen-bond donors (Lipinski definition) is 0. The number of halogens is 1. The first-order chi connectivity index (χ1) is 5.83. The summed E-state index contributed by atoms with van der Waals surface area (Å²) >= 11 is 5.31. The Kier molecular flexibility index (Phi) is 4.37. The summed E-state index contributed by atoms with van der Waals surface area (Å²) in [5.74, 6) is 0.802. The summed E-state index contributed by atoms with van der Waals surface area (Å²) in [6.45, 7) is 0. The van der Waals surface area contributed by atoms with Gasteiger partial charge in [0.15, 0.2) is 5.78 Å². The Hall–Kier alpha value is -0.300. The zero-order valence-corrected chi connectivity index (χ0v) is 8.02. The molecule has 0 radical (unpaired) electrons. The normalized spacial score (nSPS) is 20.1. The van der Waals surface area contributed by atoms with Crippen molar-refractivity contribution >= 4 is 17.4 Å². The molecule has 0 bridgehead atoms. The van der Waals surface area contributed by atoms with Crippen molar-refractivity contribution in [2.45, 2.75) is 38.5 Å². The maximum atomic E-state index is 11.1. The predicted octanol–water partition coefficient (Wildman–Crippen LogP) is 3.28. The van der Waals surface area contributed by atoms with E-state index < -0.39 is 0 Å². The van der Waals surface area contributed by atoms with Crippen molar-refractivity contribution in [3.05, 3.63) is 11.6 Å². The Labute approximate surface area is 78.8 Å². The fraction of sp³-hybridized carbons (Fsp3) is 0.700. The lowest BCUT2D eigenvalue weighted by Crippen LogP contribution is -2.10. The average molecular weight is 187 g/mol. The van der Waals surface area contributed by atoms with E-state index >= 15 is 0 Å². The van der Waals surface area contributed by atoms with Crippen LogP contribution in [0, 0.1) is 5.92 Å². The molecule has 0 aromatic heterocycles. The van der Waals surface area contributed by atoms with Crippen LogP contribution >= 0.6 is 11.6 Å². The van der Waals surface area contributed by atoms with Gasteiger partial charge in [-0.3, -0.25) is 4.79 Å². The minimum atomic E-state index is 0.178. The first kappa shape index (κ1) is 9.79. The third kappa shape index (κ3) is 3.40. The lowest BCUT2D eigenvalue weighted by molar-refractivity contribution is -0.115. The van der Waals surface area contributed by atoms with E-state index in [1.807, 2.05) is 0 Å². The summed E-state index contributed by atoms with van der Waals surface area (Å²) in [6.07, 6.45) is 8.55. The van der Waals surface area contributed by atoms with Gasteiger partial charge in [-0.2, -0.15) is 0 Å². The molecule has 12 heavy (non-hydrogen) atoms. The molecule has 0 spiro atoms. The molecule has 0 N–H and O–H groups in total. The molecule has 0 atom stereocenters. The van der Waals surface area contributed by atoms with E-state index in [1.165, 1.54) is 43.7 Å². The summed E-state index contributed by atoms with van der Waals surface area (Å²) < 4.78 is 0. The second-order valence-corrected chi connectivity index (χ2v) is 3.72. The second-order valence-electron chi connectivity index (χ2n) is 3.47. The largest absolute Gasteiger partial charge is 0.295 e. The topological polar surface area (TPSA) is 17.1 Å². The summed E-state index contributed by atoms with van der Waals surface area (Å²) in [5, 5.41) is 0. The molecular weight excluding hydrogens is 172 g/mol. The lowest BCUT2D eigenvalue weighted by atomic mass is 9.86. The van der Waals surface area contributed by atoms with E-state index in [2.05, 4.69) is 0 Å². The van der Waals surface area contributed by atoms with Gasteiger partial charge in [0, 0.05) is 12.0 Å². The minimum Gasteiger partial charge on any atom is -0.295 e. The zero-order chi connectivity index (χ0) is 8.81. The standard InChI is InChI=1S/C10H15ClO/c11-7-6-10(12)8-9-4-2-1-3-5-9/h6-7,9H,1-5,8H2/b7-6+. The Morgan fingerprint density at radius 3 is 2.58 bits per heavy atom. The van der Waals surface area contributed by atoms with Gasteiger partial charge in [-0.15, -0.1) is 0 Å². The van der Waals surface area contributed by atoms with Gasteiger partial charge in [0.1, 0.15) is 0 Å². The lowest BCUT2D eigenvalue weighted by Gasteiger charge is -2.19. The van der Waals surface area contributed by atoms with Crippen LogP contribution in [0.1, 0.15) is 38.5 Å². The molecule has 1 fully saturated rings. The fourth-order valence-corrected chi connectivity index (χ4v) is 1.95. The van der Waals surface area contributed by atoms with Crippen LogP contribution < -0.4 is 0 Å². The molecule has 0 aromatic rings. The quantitative estimate of drug-likeness (QED) is 0.619. The third-order valence-electron chi connectivity index (χ3n) is 2.46. The predicted molar refractivity (Wildman–Crippen MR) is 51.2 cm³/mol. The van der Waals surface area contributed by atoms with Gasteiger partial charge in [-0.05, 0) is 12.0 Å². The van der Waals surface area contributed by atoms with Crippen molar-refractivity contribution in [1.29, 1.82) is 0 Å². The van der Waals surface area contributed by atoms with Crippen LogP contribution in [0.2, 0.25) is 0 Å². The molecule has 0 heterocycles. The molecule has 0 amide bonds. The summed E-state index contributed by atoms with van der Waals surface area (Å²) in [7, 11) is 0. The molecule has 1 nitrogen and oxygen atoms in total. The highest BCUT2D eigenvalue weighted by Gasteiger charge is 2.15. The molecule has 1 aliphatic carbocycles. The molecular formula is C10H15ClO. The smallest absolute Gasteiger partial charge is 0.156 e. The van der Waals surface area contributed by atoms with Gasteiger partial charge in [-0.25, -0.2) is 0 Å². The van der Waals surface area contributed by atoms with E-state index in [-0.39, 0.29) is 5.78 Å². The SMILES string of the molecule is O=C(/C=C/Cl)CC1CCCCC1. The van der Waals surface area contributed by atoms with Crippen LogP contribution in [0.15, 0.2) is 11.6 Å². The molecule has 1 aliphatic rings. The maximum Gasteiger partial charge on any atom is 0.156 e. The van der Waals surface area contributed by atoms with Crippen molar-refractivity contribution in [3.8, 4) is 0 Å². The molecule has 0 unspecified atom stereocenters. The first-order valence-corrected chi connectivity index (χ1v) is 5.06. The Morgan fingerprint density at radius 2 is 2.00 bits per heavy atom. The highest BCUT2D eigenvalue weighted by molar-refractivity contribution is 6.26. The van der Waals surface area contributed by atoms with Gasteiger partial charge in [-0.1, -0.05) is 43.7 Å². The van der Waals surface area contributed by atoms with Crippen molar-refractivity contribution in [2.75, 3.05) is 0 Å². The Bertz CT molecular complexity index is 169. The maximum absolute atomic E-state index is 11.1. The number of carbonyl (C=O) groups excluding carboxylic acids is 1. The molecule has 0 saturated heterocycles. The van der Waals surface area contributed by atoms with Crippen molar-refractivity contribution in [1.82, 2.24) is 0 Å². The Balaban J connectivity index is 2.24. The van der Waals surface area contributed by atoms with Crippen molar-refractivity contribution in [2.24, 2.45) is 5.92 Å². The Morgan fingerprint density at radius 1 is 1.33 bits per heavy atom. The average Bonchev–Trinajstić information content (AvgIpc) is 2.06. The molecule has 1 saturated carbocycles. The first-order valence-electron chi connectivity index (χ1n) is 4.62. The molecule has 0 aliphatic heterocycles. The second kappa shape index (κ2) is 5.36. The van der Waals surface area contributed by atoms with E-state index in [0.29, 0.717) is 12.3 Å². The summed E-state index contributed by atoms with van der Waals surface area (Å²) in [5.41, 5.74) is 1.31. The number of ketones is 1. The number of hydrogen-bond acceptors (Lipinski definition) is 1. The van der Waals surface area contributed by atoms with Crippen LogP contribution in [0.3, 0.4) is 0 Å². The van der Waals surface area contributed by atoms with Gasteiger partial charge >= 0.3 is 0 Å². The van der Waals surface area contributed by atoms with Crippen molar-refractivity contribution < 1.29 is 4.79 Å². The van der Waals surface area contributed by atoms with Crippen molar-refractivity contribution in [3.63, 3.8) is 0 Å². The summed E-state index contributed by atoms with van der Waals surface area (Å²) in [4.78, 5) is 11.1. The van der Waals surface area contributed by atoms with Gasteiger partial charge in [0.2, 0.25) is 0 Å². The highest BCUT2D eigenvalue weighted by atomic mass is 35.5. The van der Waals surface area contributed by atoms with Crippen LogP contribution in [-0.4, -0.2) is 5.78 Å². The zero-order valence-electron chi connectivity index (χ0n) is 7.26. The minimum absolute atomic E-state index is 0.178. The van der Waals surface area contributed by atoms with E-state index in [1.54, 1.807) is 0 Å². The molecule has 1 rings (SSSR count). The molecule has 0 aromatic carbocycles. The van der Waals surface area contributed by atoms with E-state index in [0.717, 1.165) is 0 Å². The van der Waals surface area contributed by atoms with Gasteiger partial charge in [0.05, 0.1) is 0 Å². The highest BCUT2D eigenvalue weighted by Crippen LogP contribution is 2.26. The van der Waals surface area contributed by atoms with Crippen LogP contribution in [0.5, 0.6) is 0 Å². The van der Waals surface area contributed by atoms with Gasteiger partial charge < -0.3 is 0 Å². The fourth-order valence-electron chi connectivity index (χ4n) is 1.81. The molecule has 2 heteroatoms. The number of carbonyl (C=O) groups is 1. The van der Waals surface area contributed by atoms with Crippen LogP contribution in [0.4, 0.5) is 0 Å². The van der Waals surface area contributed by atoms with E-state index in [4.69, 9.17) is 11.6 Å². The summed E-state index contributed by atoms with van der Waals surface area (Å²) in [6, 6.07) is 0.